The Morgan fingerprint density at radius 2 is 2.11 bits per heavy atom. The molecular formula is C13H23N5O. The van der Waals surface area contributed by atoms with E-state index in [0.29, 0.717) is 5.69 Å². The Labute approximate surface area is 114 Å². The Morgan fingerprint density at radius 1 is 1.42 bits per heavy atom. The van der Waals surface area contributed by atoms with Crippen molar-refractivity contribution in [1.82, 2.24) is 25.2 Å². The van der Waals surface area contributed by atoms with E-state index in [4.69, 9.17) is 0 Å². The maximum absolute atomic E-state index is 12.8. The lowest BCUT2D eigenvalue weighted by Gasteiger charge is -2.39. The van der Waals surface area contributed by atoms with Gasteiger partial charge in [0.25, 0.3) is 0 Å². The summed E-state index contributed by atoms with van der Waals surface area (Å²) in [6.45, 7) is 10.4. The van der Waals surface area contributed by atoms with Gasteiger partial charge in [0.05, 0.1) is 11.7 Å². The molecule has 1 aliphatic rings. The van der Waals surface area contributed by atoms with Crippen molar-refractivity contribution in [3.63, 3.8) is 0 Å². The summed E-state index contributed by atoms with van der Waals surface area (Å²) in [5, 5.41) is 11.2. The molecule has 1 saturated heterocycles. The van der Waals surface area contributed by atoms with Gasteiger partial charge >= 0.3 is 0 Å². The Balaban J connectivity index is 2.18. The normalized spacial score (nSPS) is 17.6. The number of hydrogen-bond donors (Lipinski definition) is 1. The number of carbonyl (C=O) groups excluding carboxylic acids is 1. The molecule has 2 rings (SSSR count). The second kappa shape index (κ2) is 5.79. The molecule has 0 aromatic carbocycles. The van der Waals surface area contributed by atoms with Crippen LogP contribution in [0.5, 0.6) is 0 Å². The summed E-state index contributed by atoms with van der Waals surface area (Å²) >= 11 is 0. The molecule has 0 aliphatic carbocycles. The number of Topliss-reactive ketones (excluding diaryl/α,β-unsaturated/α-hetero) is 1. The summed E-state index contributed by atoms with van der Waals surface area (Å²) in [6.07, 6.45) is 2.53. The number of ketones is 1. The molecule has 0 unspecified atom stereocenters. The fraction of sp³-hybridized carbons (Fsp3) is 0.769. The van der Waals surface area contributed by atoms with E-state index in [0.717, 1.165) is 39.1 Å². The molecule has 0 spiro atoms. The number of nitrogens with one attached hydrogen (secondary N) is 1. The molecule has 6 heteroatoms. The van der Waals surface area contributed by atoms with E-state index < -0.39 is 5.54 Å². The first-order chi connectivity index (χ1) is 9.07. The van der Waals surface area contributed by atoms with Crippen molar-refractivity contribution in [1.29, 1.82) is 0 Å². The molecule has 0 atom stereocenters. The molecule has 1 fully saturated rings. The van der Waals surface area contributed by atoms with Crippen molar-refractivity contribution >= 4 is 5.78 Å². The van der Waals surface area contributed by atoms with Gasteiger partial charge in [-0.25, -0.2) is 4.68 Å². The van der Waals surface area contributed by atoms with Crippen LogP contribution in [0.2, 0.25) is 0 Å². The molecule has 2 heterocycles. The van der Waals surface area contributed by atoms with Crippen LogP contribution in [0.15, 0.2) is 6.20 Å². The fourth-order valence-corrected chi connectivity index (χ4v) is 2.49. The van der Waals surface area contributed by atoms with Gasteiger partial charge in [-0.05, 0) is 20.3 Å². The molecule has 1 N–H and O–H groups in total. The van der Waals surface area contributed by atoms with Gasteiger partial charge in [-0.2, -0.15) is 0 Å². The number of aryl methyl sites for hydroxylation is 1. The molecule has 0 radical (unpaired) electrons. The van der Waals surface area contributed by atoms with Crippen LogP contribution in [0.25, 0.3) is 0 Å². The van der Waals surface area contributed by atoms with Gasteiger partial charge in [0.2, 0.25) is 5.78 Å². The van der Waals surface area contributed by atoms with Crippen molar-refractivity contribution in [3.05, 3.63) is 11.9 Å². The zero-order valence-electron chi connectivity index (χ0n) is 12.0. The predicted molar refractivity (Wildman–Crippen MR) is 73.2 cm³/mol. The summed E-state index contributed by atoms with van der Waals surface area (Å²) in [5.74, 6) is 0.104. The van der Waals surface area contributed by atoms with E-state index in [9.17, 15) is 4.79 Å². The second-order valence-corrected chi connectivity index (χ2v) is 5.47. The van der Waals surface area contributed by atoms with Crippen LogP contribution >= 0.6 is 0 Å². The van der Waals surface area contributed by atoms with E-state index in [-0.39, 0.29) is 5.78 Å². The molecule has 1 aromatic heterocycles. The molecule has 0 amide bonds. The van der Waals surface area contributed by atoms with Crippen molar-refractivity contribution in [2.24, 2.45) is 0 Å². The van der Waals surface area contributed by atoms with Crippen LogP contribution in [0, 0.1) is 0 Å². The minimum Gasteiger partial charge on any atom is -0.314 e. The van der Waals surface area contributed by atoms with Gasteiger partial charge in [0.1, 0.15) is 5.69 Å². The SMILES string of the molecule is CCCn1nncc1C(=O)C(C)(C)N1CCNCC1. The van der Waals surface area contributed by atoms with E-state index in [2.05, 4.69) is 27.5 Å². The van der Waals surface area contributed by atoms with Crippen LogP contribution in [-0.2, 0) is 6.54 Å². The van der Waals surface area contributed by atoms with Crippen LogP contribution in [-0.4, -0.2) is 57.4 Å². The molecule has 19 heavy (non-hydrogen) atoms. The average molecular weight is 265 g/mol. The highest BCUT2D eigenvalue weighted by Gasteiger charge is 2.37. The van der Waals surface area contributed by atoms with Crippen molar-refractivity contribution in [2.75, 3.05) is 26.2 Å². The number of aromatic nitrogens is 3. The predicted octanol–water partition coefficient (Wildman–Crippen LogP) is 0.555. The first-order valence-electron chi connectivity index (χ1n) is 6.96. The molecule has 0 saturated carbocycles. The third-order valence-electron chi connectivity index (χ3n) is 3.75. The summed E-state index contributed by atoms with van der Waals surface area (Å²) in [5.41, 5.74) is 0.111. The Hall–Kier alpha value is -1.27. The highest BCUT2D eigenvalue weighted by atomic mass is 16.1. The first kappa shape index (κ1) is 14.1. The highest BCUT2D eigenvalue weighted by Crippen LogP contribution is 2.20. The summed E-state index contributed by atoms with van der Waals surface area (Å²) in [6, 6.07) is 0. The van der Waals surface area contributed by atoms with E-state index in [1.807, 2.05) is 13.8 Å². The minimum atomic E-state index is -0.505. The van der Waals surface area contributed by atoms with Crippen molar-refractivity contribution in [3.8, 4) is 0 Å². The quantitative estimate of drug-likeness (QED) is 0.788. The number of hydrogen-bond acceptors (Lipinski definition) is 5. The lowest BCUT2D eigenvalue weighted by Crippen LogP contribution is -2.57. The second-order valence-electron chi connectivity index (χ2n) is 5.47. The monoisotopic (exact) mass is 265 g/mol. The lowest BCUT2D eigenvalue weighted by atomic mass is 9.93. The van der Waals surface area contributed by atoms with Gasteiger partial charge in [-0.15, -0.1) is 5.10 Å². The Bertz CT molecular complexity index is 434. The smallest absolute Gasteiger partial charge is 0.202 e. The third-order valence-corrected chi connectivity index (χ3v) is 3.75. The van der Waals surface area contributed by atoms with Crippen LogP contribution < -0.4 is 5.32 Å². The van der Waals surface area contributed by atoms with E-state index >= 15 is 0 Å². The average Bonchev–Trinajstić information content (AvgIpc) is 2.87. The lowest BCUT2D eigenvalue weighted by molar-refractivity contribution is 0.0591. The van der Waals surface area contributed by atoms with Crippen LogP contribution in [0.4, 0.5) is 0 Å². The highest BCUT2D eigenvalue weighted by molar-refractivity contribution is 6.01. The number of rotatable bonds is 5. The first-order valence-corrected chi connectivity index (χ1v) is 6.96. The van der Waals surface area contributed by atoms with E-state index in [1.54, 1.807) is 10.9 Å². The molecular weight excluding hydrogens is 242 g/mol. The maximum Gasteiger partial charge on any atom is 0.202 e. The van der Waals surface area contributed by atoms with E-state index in [1.165, 1.54) is 0 Å². The Morgan fingerprint density at radius 3 is 2.74 bits per heavy atom. The van der Waals surface area contributed by atoms with Crippen LogP contribution in [0.3, 0.4) is 0 Å². The minimum absolute atomic E-state index is 0.104. The fourth-order valence-electron chi connectivity index (χ4n) is 2.49. The van der Waals surface area contributed by atoms with Gasteiger partial charge in [-0.3, -0.25) is 9.69 Å². The van der Waals surface area contributed by atoms with Gasteiger partial charge < -0.3 is 5.32 Å². The molecule has 0 bridgehead atoms. The Kier molecular flexibility index (Phi) is 4.31. The van der Waals surface area contributed by atoms with Gasteiger partial charge in [0, 0.05) is 32.7 Å². The zero-order chi connectivity index (χ0) is 13.9. The zero-order valence-corrected chi connectivity index (χ0v) is 12.0. The third kappa shape index (κ3) is 2.84. The van der Waals surface area contributed by atoms with Crippen molar-refractivity contribution in [2.45, 2.75) is 39.3 Å². The number of carbonyl (C=O) groups is 1. The number of piperazine rings is 1. The van der Waals surface area contributed by atoms with Crippen LogP contribution in [0.1, 0.15) is 37.7 Å². The standard InChI is InChI=1S/C13H23N5O/c1-4-7-18-11(10-15-16-18)12(19)13(2,3)17-8-5-14-6-9-17/h10,14H,4-9H2,1-3H3. The topological polar surface area (TPSA) is 63.1 Å². The molecule has 106 valence electrons. The molecule has 1 aromatic rings. The van der Waals surface area contributed by atoms with Gasteiger partial charge in [-0.1, -0.05) is 12.1 Å². The maximum atomic E-state index is 12.8. The summed E-state index contributed by atoms with van der Waals surface area (Å²) in [7, 11) is 0. The largest absolute Gasteiger partial charge is 0.314 e. The summed E-state index contributed by atoms with van der Waals surface area (Å²) in [4.78, 5) is 15.0. The summed E-state index contributed by atoms with van der Waals surface area (Å²) < 4.78 is 1.71. The van der Waals surface area contributed by atoms with Gasteiger partial charge in [0.15, 0.2) is 0 Å². The molecule has 1 aliphatic heterocycles. The van der Waals surface area contributed by atoms with Crippen molar-refractivity contribution < 1.29 is 4.79 Å². The number of nitrogens with zero attached hydrogens (tertiary/aromatic N) is 4. The molecule has 6 nitrogen and oxygen atoms in total.